The maximum absolute atomic E-state index is 9.92. The average molecular weight is 145 g/mol. The molecule has 0 aromatic heterocycles. The van der Waals surface area contributed by atoms with Crippen LogP contribution in [0.2, 0.25) is 0 Å². The number of hydrogen-bond donors (Lipinski definition) is 1. The molecule has 0 aromatic carbocycles. The molecule has 9 heavy (non-hydrogen) atoms. The van der Waals surface area contributed by atoms with Gasteiger partial charge < -0.3 is 4.55 Å². The van der Waals surface area contributed by atoms with Crippen molar-refractivity contribution in [3.05, 3.63) is 0 Å². The van der Waals surface area contributed by atoms with E-state index in [0.717, 1.165) is 0 Å². The molecular weight excluding hydrogens is 142 g/mol. The van der Waals surface area contributed by atoms with Crippen molar-refractivity contribution in [1.29, 1.82) is 0 Å². The van der Waals surface area contributed by atoms with Crippen LogP contribution in [0.1, 0.15) is 0 Å². The van der Waals surface area contributed by atoms with Gasteiger partial charge in [0.1, 0.15) is 0 Å². The van der Waals surface area contributed by atoms with Gasteiger partial charge in [-0.1, -0.05) is 0 Å². The number of carbonyl (C=O) groups excluding carboxylic acids is 1. The second-order valence-electron chi connectivity index (χ2n) is 1.27. The van der Waals surface area contributed by atoms with Gasteiger partial charge in [-0.05, 0) is 0 Å². The van der Waals surface area contributed by atoms with Crippen LogP contribution in [0.4, 0.5) is 0 Å². The molecule has 6 heteroatoms. The van der Waals surface area contributed by atoms with E-state index < -0.39 is 6.17 Å². The first-order chi connectivity index (χ1) is 4.36. The van der Waals surface area contributed by atoms with Crippen molar-refractivity contribution in [3.63, 3.8) is 0 Å². The van der Waals surface area contributed by atoms with E-state index in [4.69, 9.17) is 4.55 Å². The lowest BCUT2D eigenvalue weighted by atomic mass is 10.6. The standard InChI is InChI=1S/C3H3N3O2S/c7-1-2-4-3(9-8)6-5-2/h1-2,8H. The van der Waals surface area contributed by atoms with Crippen molar-refractivity contribution in [3.8, 4) is 0 Å². The number of rotatable bonds is 1. The average Bonchev–Trinajstić information content (AvgIpc) is 2.34. The van der Waals surface area contributed by atoms with Crippen LogP contribution in [-0.2, 0) is 4.79 Å². The Balaban J connectivity index is 2.62. The number of carbonyl (C=O) groups is 1. The van der Waals surface area contributed by atoms with Crippen LogP contribution < -0.4 is 0 Å². The lowest BCUT2D eigenvalue weighted by molar-refractivity contribution is -0.108. The maximum atomic E-state index is 9.92. The Labute approximate surface area is 55.1 Å². The molecule has 0 aromatic rings. The zero-order chi connectivity index (χ0) is 6.69. The quantitative estimate of drug-likeness (QED) is 0.432. The minimum Gasteiger partial charge on any atom is -0.323 e. The molecule has 0 fully saturated rings. The molecule has 1 rings (SSSR count). The summed E-state index contributed by atoms with van der Waals surface area (Å²) in [5, 5.41) is 6.87. The first-order valence-electron chi connectivity index (χ1n) is 2.12. The molecule has 0 aliphatic carbocycles. The van der Waals surface area contributed by atoms with Gasteiger partial charge in [0.2, 0.25) is 11.3 Å². The molecule has 0 amide bonds. The molecule has 1 N–H and O–H groups in total. The summed E-state index contributed by atoms with van der Waals surface area (Å²) < 4.78 is 8.30. The first kappa shape index (κ1) is 6.37. The number of amidine groups is 1. The van der Waals surface area contributed by atoms with Crippen LogP contribution in [0.5, 0.6) is 0 Å². The SMILES string of the molecule is O=CC1N=NC(SO)=N1. The monoisotopic (exact) mass is 145 g/mol. The van der Waals surface area contributed by atoms with E-state index in [-0.39, 0.29) is 5.17 Å². The molecule has 48 valence electrons. The lowest BCUT2D eigenvalue weighted by Gasteiger charge is -1.82. The summed E-state index contributed by atoms with van der Waals surface area (Å²) in [5.41, 5.74) is 0. The van der Waals surface area contributed by atoms with Crippen molar-refractivity contribution in [2.24, 2.45) is 15.2 Å². The normalized spacial score (nSPS) is 24.1. The number of aliphatic imine (C=N–C) groups is 1. The van der Waals surface area contributed by atoms with Gasteiger partial charge in [0.15, 0.2) is 6.29 Å². The summed E-state index contributed by atoms with van der Waals surface area (Å²) >= 11 is 0.382. The first-order valence-corrected chi connectivity index (χ1v) is 2.89. The van der Waals surface area contributed by atoms with Gasteiger partial charge >= 0.3 is 0 Å². The molecule has 0 spiro atoms. The van der Waals surface area contributed by atoms with Crippen LogP contribution >= 0.6 is 12.0 Å². The highest BCUT2D eigenvalue weighted by atomic mass is 32.2. The fourth-order valence-corrected chi connectivity index (χ4v) is 0.612. The topological polar surface area (TPSA) is 74.4 Å². The lowest BCUT2D eigenvalue weighted by Crippen LogP contribution is -1.96. The van der Waals surface area contributed by atoms with Crippen LogP contribution in [0.25, 0.3) is 0 Å². The summed E-state index contributed by atoms with van der Waals surface area (Å²) in [6.45, 7) is 0. The summed E-state index contributed by atoms with van der Waals surface area (Å²) in [6, 6.07) is 0. The highest BCUT2D eigenvalue weighted by Crippen LogP contribution is 2.09. The molecular formula is C3H3N3O2S. The molecule has 0 radical (unpaired) electrons. The van der Waals surface area contributed by atoms with Crippen molar-refractivity contribution >= 4 is 23.5 Å². The highest BCUT2D eigenvalue weighted by molar-refractivity contribution is 8.09. The second kappa shape index (κ2) is 2.70. The van der Waals surface area contributed by atoms with Crippen molar-refractivity contribution < 1.29 is 9.35 Å². The molecule has 1 aliphatic rings. The molecule has 0 saturated carbocycles. The fraction of sp³-hybridized carbons (Fsp3) is 0.333. The van der Waals surface area contributed by atoms with E-state index >= 15 is 0 Å². The second-order valence-corrected chi connectivity index (χ2v) is 1.82. The van der Waals surface area contributed by atoms with Crippen LogP contribution in [-0.4, -0.2) is 22.2 Å². The van der Waals surface area contributed by atoms with E-state index in [0.29, 0.717) is 18.3 Å². The Bertz CT molecular complexity index is 178. The van der Waals surface area contributed by atoms with Gasteiger partial charge in [0.05, 0.1) is 12.0 Å². The van der Waals surface area contributed by atoms with Gasteiger partial charge in [0.25, 0.3) is 0 Å². The van der Waals surface area contributed by atoms with E-state index in [9.17, 15) is 4.79 Å². The Hall–Kier alpha value is -0.750. The minimum absolute atomic E-state index is 0.132. The van der Waals surface area contributed by atoms with Gasteiger partial charge in [-0.2, -0.15) is 5.11 Å². The van der Waals surface area contributed by atoms with E-state index in [1.165, 1.54) is 0 Å². The molecule has 0 saturated heterocycles. The maximum Gasteiger partial charge on any atom is 0.233 e. The number of nitrogens with zero attached hydrogens (tertiary/aromatic N) is 3. The number of aldehydes is 1. The Morgan fingerprint density at radius 1 is 1.78 bits per heavy atom. The molecule has 1 unspecified atom stereocenters. The summed E-state index contributed by atoms with van der Waals surface area (Å²) in [4.78, 5) is 13.5. The Morgan fingerprint density at radius 2 is 2.56 bits per heavy atom. The number of azo groups is 1. The predicted octanol–water partition coefficient (Wildman–Crippen LogP) is 0.539. The van der Waals surface area contributed by atoms with Crippen molar-refractivity contribution in [1.82, 2.24) is 0 Å². The zero-order valence-electron chi connectivity index (χ0n) is 4.26. The molecule has 1 atom stereocenters. The largest absolute Gasteiger partial charge is 0.323 e. The van der Waals surface area contributed by atoms with E-state index in [2.05, 4.69) is 15.2 Å². The van der Waals surface area contributed by atoms with Crippen molar-refractivity contribution in [2.75, 3.05) is 0 Å². The molecule has 1 heterocycles. The van der Waals surface area contributed by atoms with E-state index in [1.807, 2.05) is 0 Å². The van der Waals surface area contributed by atoms with Crippen LogP contribution in [0.3, 0.4) is 0 Å². The Kier molecular flexibility index (Phi) is 1.91. The highest BCUT2D eigenvalue weighted by Gasteiger charge is 2.11. The zero-order valence-corrected chi connectivity index (χ0v) is 5.08. The summed E-state index contributed by atoms with van der Waals surface area (Å²) in [5.74, 6) is 0. The van der Waals surface area contributed by atoms with Crippen LogP contribution in [0.15, 0.2) is 15.2 Å². The molecule has 5 nitrogen and oxygen atoms in total. The third kappa shape index (κ3) is 1.33. The third-order valence-electron chi connectivity index (χ3n) is 0.708. The van der Waals surface area contributed by atoms with Crippen molar-refractivity contribution in [2.45, 2.75) is 6.17 Å². The Morgan fingerprint density at radius 3 is 2.89 bits per heavy atom. The van der Waals surface area contributed by atoms with Crippen LogP contribution in [0, 0.1) is 0 Å². The third-order valence-corrected chi connectivity index (χ3v) is 1.06. The smallest absolute Gasteiger partial charge is 0.233 e. The van der Waals surface area contributed by atoms with Gasteiger partial charge in [-0.3, -0.25) is 4.79 Å². The van der Waals surface area contributed by atoms with E-state index in [1.54, 1.807) is 0 Å². The van der Waals surface area contributed by atoms with Gasteiger partial charge in [-0.15, -0.1) is 5.11 Å². The molecule has 1 aliphatic heterocycles. The molecule has 0 bridgehead atoms. The fourth-order valence-electron chi connectivity index (χ4n) is 0.373. The summed E-state index contributed by atoms with van der Waals surface area (Å²) in [6.07, 6.45) is -0.188. The summed E-state index contributed by atoms with van der Waals surface area (Å²) in [7, 11) is 0. The van der Waals surface area contributed by atoms with Gasteiger partial charge in [-0.25, -0.2) is 4.99 Å². The number of hydrogen-bond acceptors (Lipinski definition) is 6. The predicted molar refractivity (Wildman–Crippen MR) is 32.4 cm³/mol. The van der Waals surface area contributed by atoms with Gasteiger partial charge in [0, 0.05) is 0 Å². The minimum atomic E-state index is -0.736.